The highest BCUT2D eigenvalue weighted by atomic mass is 16.2. The largest absolute Gasteiger partial charge is 0.342 e. The molecule has 2 heterocycles. The summed E-state index contributed by atoms with van der Waals surface area (Å²) in [6.07, 6.45) is 5.93. The zero-order chi connectivity index (χ0) is 16.5. The molecule has 2 aliphatic heterocycles. The molecule has 4 rings (SSSR count). The molecule has 4 heteroatoms. The summed E-state index contributed by atoms with van der Waals surface area (Å²) >= 11 is 0. The van der Waals surface area contributed by atoms with E-state index in [0.29, 0.717) is 17.7 Å². The van der Waals surface area contributed by atoms with Gasteiger partial charge in [0.1, 0.15) is 0 Å². The van der Waals surface area contributed by atoms with Crippen LogP contribution in [0.1, 0.15) is 50.1 Å². The van der Waals surface area contributed by atoms with Crippen molar-refractivity contribution in [3.05, 3.63) is 35.9 Å². The van der Waals surface area contributed by atoms with Gasteiger partial charge in [-0.15, -0.1) is 0 Å². The number of amides is 2. The van der Waals surface area contributed by atoms with Crippen LogP contribution in [0.2, 0.25) is 0 Å². The van der Waals surface area contributed by atoms with Gasteiger partial charge in [-0.1, -0.05) is 30.3 Å². The first-order valence-electron chi connectivity index (χ1n) is 9.38. The number of benzene rings is 1. The SMILES string of the molecule is O=C(C1CC1)N1CCC(C(=O)N2CCCC2c2ccccc2)CC1. The van der Waals surface area contributed by atoms with Crippen molar-refractivity contribution in [1.29, 1.82) is 0 Å². The second-order valence-electron chi connectivity index (χ2n) is 7.47. The topological polar surface area (TPSA) is 40.6 Å². The number of hydrogen-bond donors (Lipinski definition) is 0. The van der Waals surface area contributed by atoms with Gasteiger partial charge in [-0.05, 0) is 44.1 Å². The number of piperidine rings is 1. The normalized spacial score (nSPS) is 25.1. The molecule has 2 saturated heterocycles. The van der Waals surface area contributed by atoms with E-state index in [-0.39, 0.29) is 12.0 Å². The number of hydrogen-bond acceptors (Lipinski definition) is 2. The van der Waals surface area contributed by atoms with Crippen LogP contribution in [0, 0.1) is 11.8 Å². The zero-order valence-corrected chi connectivity index (χ0v) is 14.2. The molecule has 1 aromatic carbocycles. The summed E-state index contributed by atoms with van der Waals surface area (Å²) in [6.45, 7) is 2.39. The molecule has 0 aromatic heterocycles. The predicted molar refractivity (Wildman–Crippen MR) is 92.2 cm³/mol. The van der Waals surface area contributed by atoms with Gasteiger partial charge in [0.15, 0.2) is 0 Å². The second-order valence-corrected chi connectivity index (χ2v) is 7.47. The second kappa shape index (κ2) is 6.58. The third-order valence-electron chi connectivity index (χ3n) is 5.80. The molecule has 0 radical (unpaired) electrons. The Labute approximate surface area is 143 Å². The van der Waals surface area contributed by atoms with Gasteiger partial charge in [-0.25, -0.2) is 0 Å². The summed E-state index contributed by atoms with van der Waals surface area (Å²) in [5, 5.41) is 0. The lowest BCUT2D eigenvalue weighted by atomic mass is 9.94. The van der Waals surface area contributed by atoms with Crippen molar-refractivity contribution >= 4 is 11.8 Å². The number of carbonyl (C=O) groups excluding carboxylic acids is 2. The summed E-state index contributed by atoms with van der Waals surface area (Å²) in [5.74, 6) is 1.01. The molecule has 4 nitrogen and oxygen atoms in total. The number of nitrogens with zero attached hydrogens (tertiary/aromatic N) is 2. The highest BCUT2D eigenvalue weighted by Gasteiger charge is 2.38. The highest BCUT2D eigenvalue weighted by Crippen LogP contribution is 2.36. The van der Waals surface area contributed by atoms with Crippen molar-refractivity contribution in [2.24, 2.45) is 11.8 Å². The minimum absolute atomic E-state index is 0.0950. The molecule has 1 aliphatic carbocycles. The minimum atomic E-state index is 0.0950. The fourth-order valence-electron chi connectivity index (χ4n) is 4.22. The maximum Gasteiger partial charge on any atom is 0.226 e. The molecule has 128 valence electrons. The molecule has 0 spiro atoms. The van der Waals surface area contributed by atoms with E-state index >= 15 is 0 Å². The van der Waals surface area contributed by atoms with Gasteiger partial charge in [-0.3, -0.25) is 9.59 Å². The first kappa shape index (κ1) is 15.7. The van der Waals surface area contributed by atoms with E-state index in [1.807, 2.05) is 11.0 Å². The smallest absolute Gasteiger partial charge is 0.226 e. The van der Waals surface area contributed by atoms with Crippen LogP contribution >= 0.6 is 0 Å². The van der Waals surface area contributed by atoms with Gasteiger partial charge in [0, 0.05) is 31.5 Å². The van der Waals surface area contributed by atoms with Gasteiger partial charge in [-0.2, -0.15) is 0 Å². The first-order valence-corrected chi connectivity index (χ1v) is 9.38. The molecule has 3 aliphatic rings. The average molecular weight is 326 g/mol. The molecule has 2 amide bonds. The van der Waals surface area contributed by atoms with Crippen LogP contribution in [0.3, 0.4) is 0 Å². The van der Waals surface area contributed by atoms with E-state index in [4.69, 9.17) is 0 Å². The van der Waals surface area contributed by atoms with E-state index < -0.39 is 0 Å². The molecule has 1 aromatic rings. The fraction of sp³-hybridized carbons (Fsp3) is 0.600. The van der Waals surface area contributed by atoms with Crippen molar-refractivity contribution in [3.63, 3.8) is 0 Å². The van der Waals surface area contributed by atoms with Crippen molar-refractivity contribution in [3.8, 4) is 0 Å². The van der Waals surface area contributed by atoms with Crippen molar-refractivity contribution in [2.45, 2.75) is 44.6 Å². The third kappa shape index (κ3) is 3.06. The summed E-state index contributed by atoms with van der Waals surface area (Å²) in [6, 6.07) is 10.6. The van der Waals surface area contributed by atoms with Crippen LogP contribution in [0.4, 0.5) is 0 Å². The Bertz CT molecular complexity index is 603. The molecule has 24 heavy (non-hydrogen) atoms. The Hall–Kier alpha value is -1.84. The molecular formula is C20H26N2O2. The Kier molecular flexibility index (Phi) is 4.30. The van der Waals surface area contributed by atoms with E-state index in [1.165, 1.54) is 5.56 Å². The van der Waals surface area contributed by atoms with E-state index in [0.717, 1.165) is 58.2 Å². The van der Waals surface area contributed by atoms with Crippen molar-refractivity contribution < 1.29 is 9.59 Å². The van der Waals surface area contributed by atoms with Crippen LogP contribution in [0.25, 0.3) is 0 Å². The zero-order valence-electron chi connectivity index (χ0n) is 14.2. The standard InChI is InChI=1S/C20H26N2O2/c23-19(16-8-9-16)21-13-10-17(11-14-21)20(24)22-12-4-7-18(22)15-5-2-1-3-6-15/h1-3,5-6,16-18H,4,7-14H2. The lowest BCUT2D eigenvalue weighted by Crippen LogP contribution is -2.44. The van der Waals surface area contributed by atoms with Gasteiger partial charge >= 0.3 is 0 Å². The number of likely N-dealkylation sites (tertiary alicyclic amines) is 2. The van der Waals surface area contributed by atoms with E-state index in [1.54, 1.807) is 0 Å². The summed E-state index contributed by atoms with van der Waals surface area (Å²) < 4.78 is 0. The molecule has 1 atom stereocenters. The molecule has 1 saturated carbocycles. The number of rotatable bonds is 3. The third-order valence-corrected chi connectivity index (χ3v) is 5.80. The molecule has 0 bridgehead atoms. The maximum absolute atomic E-state index is 13.0. The fourth-order valence-corrected chi connectivity index (χ4v) is 4.22. The Morgan fingerprint density at radius 3 is 2.12 bits per heavy atom. The lowest BCUT2D eigenvalue weighted by Gasteiger charge is -2.35. The maximum atomic E-state index is 13.0. The van der Waals surface area contributed by atoms with Crippen LogP contribution in [-0.2, 0) is 9.59 Å². The van der Waals surface area contributed by atoms with Gasteiger partial charge in [0.2, 0.25) is 11.8 Å². The molecule has 0 N–H and O–H groups in total. The Balaban J connectivity index is 1.38. The van der Waals surface area contributed by atoms with Crippen LogP contribution < -0.4 is 0 Å². The van der Waals surface area contributed by atoms with Crippen LogP contribution in [0.15, 0.2) is 30.3 Å². The quantitative estimate of drug-likeness (QED) is 0.857. The van der Waals surface area contributed by atoms with Crippen LogP contribution in [-0.4, -0.2) is 41.2 Å². The van der Waals surface area contributed by atoms with E-state index in [9.17, 15) is 9.59 Å². The lowest BCUT2D eigenvalue weighted by molar-refractivity contribution is -0.142. The highest BCUT2D eigenvalue weighted by molar-refractivity contribution is 5.82. The summed E-state index contributed by atoms with van der Waals surface area (Å²) in [5.41, 5.74) is 1.25. The van der Waals surface area contributed by atoms with Gasteiger partial charge in [0.05, 0.1) is 6.04 Å². The molecular weight excluding hydrogens is 300 g/mol. The van der Waals surface area contributed by atoms with E-state index in [2.05, 4.69) is 29.2 Å². The average Bonchev–Trinajstić information content (AvgIpc) is 3.38. The summed E-state index contributed by atoms with van der Waals surface area (Å²) in [7, 11) is 0. The van der Waals surface area contributed by atoms with Gasteiger partial charge < -0.3 is 9.80 Å². The monoisotopic (exact) mass is 326 g/mol. The summed E-state index contributed by atoms with van der Waals surface area (Å²) in [4.78, 5) is 29.3. The molecule has 3 fully saturated rings. The van der Waals surface area contributed by atoms with Crippen molar-refractivity contribution in [1.82, 2.24) is 9.80 Å². The Morgan fingerprint density at radius 1 is 0.792 bits per heavy atom. The van der Waals surface area contributed by atoms with Gasteiger partial charge in [0.25, 0.3) is 0 Å². The predicted octanol–water partition coefficient (Wildman–Crippen LogP) is 3.00. The van der Waals surface area contributed by atoms with Crippen LogP contribution in [0.5, 0.6) is 0 Å². The molecule has 1 unspecified atom stereocenters. The van der Waals surface area contributed by atoms with Crippen molar-refractivity contribution in [2.75, 3.05) is 19.6 Å². The minimum Gasteiger partial charge on any atom is -0.342 e. The number of carbonyl (C=O) groups is 2. The first-order chi connectivity index (χ1) is 11.7. The Morgan fingerprint density at radius 2 is 1.46 bits per heavy atom.